The average Bonchev–Trinajstić information content (AvgIpc) is 2.38. The highest BCUT2D eigenvalue weighted by Crippen LogP contribution is 2.22. The van der Waals surface area contributed by atoms with Crippen molar-refractivity contribution in [1.82, 2.24) is 0 Å². The van der Waals surface area contributed by atoms with E-state index in [9.17, 15) is 4.79 Å². The van der Waals surface area contributed by atoms with Crippen LogP contribution >= 0.6 is 15.9 Å². The molecular formula is C12H13BrO4. The largest absolute Gasteiger partial charge is 0.500 e. The quantitative estimate of drug-likeness (QED) is 0.363. The smallest absolute Gasteiger partial charge is 0.377 e. The molecule has 0 amide bonds. The molecule has 4 nitrogen and oxygen atoms in total. The Labute approximate surface area is 108 Å². The summed E-state index contributed by atoms with van der Waals surface area (Å²) in [5.41, 5.74) is 0.929. The lowest BCUT2D eigenvalue weighted by molar-refractivity contribution is -0.138. The molecular weight excluding hydrogens is 288 g/mol. The minimum atomic E-state index is -0.587. The molecule has 5 heteroatoms. The first-order chi connectivity index (χ1) is 8.22. The highest BCUT2D eigenvalue weighted by Gasteiger charge is 2.14. The third-order valence-electron chi connectivity index (χ3n) is 1.95. The third kappa shape index (κ3) is 3.78. The number of carbonyl (C=O) groups is 1. The molecule has 17 heavy (non-hydrogen) atoms. The van der Waals surface area contributed by atoms with Crippen molar-refractivity contribution in [3.05, 3.63) is 41.9 Å². The second-order valence-corrected chi connectivity index (χ2v) is 3.61. The highest BCUT2D eigenvalue weighted by molar-refractivity contribution is 9.08. The monoisotopic (exact) mass is 300 g/mol. The van der Waals surface area contributed by atoms with E-state index in [1.807, 2.05) is 18.2 Å². The minimum absolute atomic E-state index is 0.00315. The zero-order chi connectivity index (χ0) is 12.7. The van der Waals surface area contributed by atoms with Crippen LogP contribution in [0.15, 0.2) is 36.3 Å². The first-order valence-corrected chi connectivity index (χ1v) is 5.98. The Kier molecular flexibility index (Phi) is 5.56. The van der Waals surface area contributed by atoms with Crippen molar-refractivity contribution < 1.29 is 19.0 Å². The normalized spacial score (nSPS) is 10.9. The molecule has 0 atom stereocenters. The summed E-state index contributed by atoms with van der Waals surface area (Å²) in [6, 6.07) is 7.37. The Balaban J connectivity index is 2.94. The Morgan fingerprint density at radius 1 is 1.35 bits per heavy atom. The van der Waals surface area contributed by atoms with Crippen LogP contribution in [0, 0.1) is 0 Å². The topological polar surface area (TPSA) is 44.8 Å². The van der Waals surface area contributed by atoms with E-state index in [1.54, 1.807) is 6.07 Å². The molecule has 0 bridgehead atoms. The summed E-state index contributed by atoms with van der Waals surface area (Å²) in [5.74, 6) is -0.00213. The van der Waals surface area contributed by atoms with E-state index < -0.39 is 5.97 Å². The van der Waals surface area contributed by atoms with E-state index in [0.717, 1.165) is 5.56 Å². The van der Waals surface area contributed by atoms with Gasteiger partial charge in [-0.2, -0.15) is 0 Å². The van der Waals surface area contributed by atoms with Gasteiger partial charge in [-0.25, -0.2) is 4.79 Å². The van der Waals surface area contributed by atoms with Gasteiger partial charge < -0.3 is 14.2 Å². The summed E-state index contributed by atoms with van der Waals surface area (Å²) < 4.78 is 14.8. The molecule has 0 N–H and O–H groups in total. The number of alkyl halides is 1. The maximum Gasteiger partial charge on any atom is 0.377 e. The lowest BCUT2D eigenvalue weighted by atomic mass is 10.2. The van der Waals surface area contributed by atoms with Gasteiger partial charge in [-0.1, -0.05) is 34.1 Å². The Hall–Kier alpha value is -1.49. The van der Waals surface area contributed by atoms with Gasteiger partial charge >= 0.3 is 5.97 Å². The first-order valence-electron chi connectivity index (χ1n) is 4.86. The van der Waals surface area contributed by atoms with Crippen LogP contribution in [0.5, 0.6) is 5.75 Å². The molecule has 0 saturated heterocycles. The fourth-order valence-electron chi connectivity index (χ4n) is 1.15. The fourth-order valence-corrected chi connectivity index (χ4v) is 1.62. The van der Waals surface area contributed by atoms with Crippen LogP contribution < -0.4 is 4.74 Å². The highest BCUT2D eigenvalue weighted by atomic mass is 79.9. The summed E-state index contributed by atoms with van der Waals surface area (Å²) in [4.78, 5) is 11.4. The van der Waals surface area contributed by atoms with E-state index in [4.69, 9.17) is 9.47 Å². The molecule has 1 aromatic carbocycles. The molecule has 0 unspecified atom stereocenters. The van der Waals surface area contributed by atoms with E-state index in [-0.39, 0.29) is 5.76 Å². The van der Waals surface area contributed by atoms with Crippen molar-refractivity contribution in [2.24, 2.45) is 0 Å². The summed E-state index contributed by atoms with van der Waals surface area (Å²) in [5, 5.41) is 0.630. The van der Waals surface area contributed by atoms with Crippen molar-refractivity contribution in [3.63, 3.8) is 0 Å². The number of hydrogen-bond donors (Lipinski definition) is 0. The number of rotatable bonds is 5. The van der Waals surface area contributed by atoms with Crippen molar-refractivity contribution in [3.8, 4) is 5.75 Å². The molecule has 92 valence electrons. The predicted molar refractivity (Wildman–Crippen MR) is 66.8 cm³/mol. The van der Waals surface area contributed by atoms with Gasteiger partial charge in [0.25, 0.3) is 0 Å². The Morgan fingerprint density at radius 3 is 2.65 bits per heavy atom. The van der Waals surface area contributed by atoms with Crippen LogP contribution in [0.4, 0.5) is 0 Å². The Bertz CT molecular complexity index is 415. The van der Waals surface area contributed by atoms with Gasteiger partial charge in [0, 0.05) is 10.9 Å². The van der Waals surface area contributed by atoms with Crippen LogP contribution in [0.3, 0.4) is 0 Å². The molecule has 1 aromatic rings. The number of benzene rings is 1. The molecule has 0 saturated carbocycles. The molecule has 0 aliphatic heterocycles. The van der Waals surface area contributed by atoms with E-state index in [2.05, 4.69) is 20.7 Å². The van der Waals surface area contributed by atoms with Gasteiger partial charge in [-0.3, -0.25) is 0 Å². The lowest BCUT2D eigenvalue weighted by Gasteiger charge is -2.10. The molecule has 0 aliphatic rings. The number of halogens is 1. The van der Waals surface area contributed by atoms with Gasteiger partial charge in [-0.05, 0) is 6.07 Å². The van der Waals surface area contributed by atoms with Gasteiger partial charge in [0.2, 0.25) is 5.76 Å². The number of ether oxygens (including phenoxy) is 3. The van der Waals surface area contributed by atoms with Crippen molar-refractivity contribution >= 4 is 21.9 Å². The van der Waals surface area contributed by atoms with Crippen LogP contribution in [-0.2, 0) is 19.6 Å². The molecule has 0 spiro atoms. The second-order valence-electron chi connectivity index (χ2n) is 3.05. The van der Waals surface area contributed by atoms with Gasteiger partial charge in [0.05, 0.1) is 14.2 Å². The fraction of sp³-hybridized carbons (Fsp3) is 0.250. The van der Waals surface area contributed by atoms with Crippen LogP contribution in [-0.4, -0.2) is 20.2 Å². The third-order valence-corrected chi connectivity index (χ3v) is 2.55. The summed E-state index contributed by atoms with van der Waals surface area (Å²) in [7, 11) is 2.72. The van der Waals surface area contributed by atoms with Crippen LogP contribution in [0.25, 0.3) is 0 Å². The van der Waals surface area contributed by atoms with Crippen molar-refractivity contribution in [2.75, 3.05) is 14.2 Å². The van der Waals surface area contributed by atoms with E-state index in [0.29, 0.717) is 11.1 Å². The molecule has 0 fully saturated rings. The van der Waals surface area contributed by atoms with Crippen LogP contribution in [0.2, 0.25) is 0 Å². The van der Waals surface area contributed by atoms with Crippen molar-refractivity contribution in [2.45, 2.75) is 5.33 Å². The summed E-state index contributed by atoms with van der Waals surface area (Å²) >= 11 is 3.34. The SMILES string of the molecule is COC=C(Oc1ccccc1CBr)C(=O)OC. The molecule has 0 aromatic heterocycles. The Morgan fingerprint density at radius 2 is 2.06 bits per heavy atom. The minimum Gasteiger partial charge on any atom is -0.500 e. The van der Waals surface area contributed by atoms with Gasteiger partial charge in [0.15, 0.2) is 0 Å². The maximum absolute atomic E-state index is 11.4. The number of carbonyl (C=O) groups excluding carboxylic acids is 1. The summed E-state index contributed by atoms with van der Waals surface area (Å²) in [6.07, 6.45) is 1.21. The number of methoxy groups -OCH3 is 2. The number of para-hydroxylation sites is 1. The molecule has 1 rings (SSSR count). The maximum atomic E-state index is 11.4. The standard InChI is InChI=1S/C12H13BrO4/c1-15-8-11(12(14)16-2)17-10-6-4-3-5-9(10)7-13/h3-6,8H,7H2,1-2H3. The van der Waals surface area contributed by atoms with Gasteiger partial charge in [0.1, 0.15) is 12.0 Å². The van der Waals surface area contributed by atoms with E-state index in [1.165, 1.54) is 20.5 Å². The van der Waals surface area contributed by atoms with E-state index >= 15 is 0 Å². The number of hydrogen-bond acceptors (Lipinski definition) is 4. The average molecular weight is 301 g/mol. The van der Waals surface area contributed by atoms with Gasteiger partial charge in [-0.15, -0.1) is 0 Å². The first kappa shape index (κ1) is 13.6. The van der Waals surface area contributed by atoms with Crippen LogP contribution in [0.1, 0.15) is 5.56 Å². The predicted octanol–water partition coefficient (Wildman–Crippen LogP) is 2.62. The zero-order valence-electron chi connectivity index (χ0n) is 9.60. The second kappa shape index (κ2) is 6.96. The lowest BCUT2D eigenvalue weighted by Crippen LogP contribution is -2.11. The zero-order valence-corrected chi connectivity index (χ0v) is 11.2. The summed E-state index contributed by atoms with van der Waals surface area (Å²) in [6.45, 7) is 0. The molecule has 0 radical (unpaired) electrons. The van der Waals surface area contributed by atoms with Crippen molar-refractivity contribution in [1.29, 1.82) is 0 Å². The molecule has 0 aliphatic carbocycles. The molecule has 0 heterocycles. The number of esters is 1.